The average Bonchev–Trinajstić information content (AvgIpc) is 3.02. The summed E-state index contributed by atoms with van der Waals surface area (Å²) in [6, 6.07) is 0. The van der Waals surface area contributed by atoms with Gasteiger partial charge in [-0.15, -0.1) is 11.3 Å². The number of rotatable bonds is 7. The molecule has 0 unspecified atom stereocenters. The van der Waals surface area contributed by atoms with Gasteiger partial charge in [0.2, 0.25) is 0 Å². The number of aryl methyl sites for hydroxylation is 1. The van der Waals surface area contributed by atoms with Gasteiger partial charge in [0.1, 0.15) is 0 Å². The third-order valence-electron chi connectivity index (χ3n) is 3.53. The number of nitrogens with zero attached hydrogens (tertiary/aromatic N) is 4. The minimum atomic E-state index is 0.845. The third-order valence-corrected chi connectivity index (χ3v) is 4.59. The first-order valence-corrected chi connectivity index (χ1v) is 7.85. The molecular formula is C14H23N5S. The summed E-state index contributed by atoms with van der Waals surface area (Å²) in [6.45, 7) is 10.1. The van der Waals surface area contributed by atoms with Gasteiger partial charge >= 0.3 is 0 Å². The summed E-state index contributed by atoms with van der Waals surface area (Å²) in [5, 5.41) is 8.83. The number of nitrogens with one attached hydrogen (secondary N) is 1. The second kappa shape index (κ2) is 6.85. The Hall–Kier alpha value is -1.40. The van der Waals surface area contributed by atoms with E-state index in [1.54, 1.807) is 11.3 Å². The van der Waals surface area contributed by atoms with Crippen LogP contribution in [0.5, 0.6) is 0 Å². The monoisotopic (exact) mass is 293 g/mol. The normalized spacial score (nSPS) is 11.0. The molecule has 0 aliphatic rings. The van der Waals surface area contributed by atoms with Crippen LogP contribution in [0.3, 0.4) is 0 Å². The van der Waals surface area contributed by atoms with Crippen molar-refractivity contribution >= 4 is 16.5 Å². The first-order valence-electron chi connectivity index (χ1n) is 7.03. The first-order chi connectivity index (χ1) is 9.65. The Balaban J connectivity index is 1.87. The van der Waals surface area contributed by atoms with E-state index in [1.165, 1.54) is 16.1 Å². The molecule has 110 valence electrons. The van der Waals surface area contributed by atoms with Crippen LogP contribution in [0.1, 0.15) is 30.0 Å². The number of thiazole rings is 1. The van der Waals surface area contributed by atoms with Crippen molar-refractivity contribution in [2.45, 2.75) is 33.9 Å². The molecule has 0 aliphatic heterocycles. The molecule has 0 saturated heterocycles. The lowest BCUT2D eigenvalue weighted by Gasteiger charge is -2.16. The van der Waals surface area contributed by atoms with Crippen LogP contribution < -0.4 is 10.2 Å². The third kappa shape index (κ3) is 3.37. The summed E-state index contributed by atoms with van der Waals surface area (Å²) in [5.41, 5.74) is 2.46. The van der Waals surface area contributed by atoms with Gasteiger partial charge in [0.05, 0.1) is 6.20 Å². The number of anilines is 1. The Morgan fingerprint density at radius 3 is 2.60 bits per heavy atom. The quantitative estimate of drug-likeness (QED) is 0.851. The van der Waals surface area contributed by atoms with Crippen LogP contribution in [0.15, 0.2) is 12.4 Å². The van der Waals surface area contributed by atoms with Crippen molar-refractivity contribution in [1.29, 1.82) is 0 Å². The maximum atomic E-state index is 4.49. The zero-order valence-electron chi connectivity index (χ0n) is 12.7. The minimum Gasteiger partial charge on any atom is -0.349 e. The van der Waals surface area contributed by atoms with Gasteiger partial charge in [-0.2, -0.15) is 5.10 Å². The molecule has 2 aromatic heterocycles. The molecule has 0 amide bonds. The number of aromatic nitrogens is 3. The van der Waals surface area contributed by atoms with Gasteiger partial charge in [-0.3, -0.25) is 4.68 Å². The lowest BCUT2D eigenvalue weighted by Crippen LogP contribution is -2.21. The molecule has 2 heterocycles. The maximum absolute atomic E-state index is 4.49. The fourth-order valence-corrected chi connectivity index (χ4v) is 3.06. The van der Waals surface area contributed by atoms with Crippen LogP contribution >= 0.6 is 11.3 Å². The lowest BCUT2D eigenvalue weighted by molar-refractivity contribution is 0.690. The SMILES string of the molecule is CCN(CC)c1ncc(CNCc2cnn(C)c2C)s1. The van der Waals surface area contributed by atoms with E-state index in [-0.39, 0.29) is 0 Å². The van der Waals surface area contributed by atoms with Gasteiger partial charge < -0.3 is 10.2 Å². The molecule has 0 spiro atoms. The Morgan fingerprint density at radius 1 is 1.25 bits per heavy atom. The van der Waals surface area contributed by atoms with Crippen molar-refractivity contribution in [2.24, 2.45) is 7.05 Å². The summed E-state index contributed by atoms with van der Waals surface area (Å²) in [5.74, 6) is 0. The van der Waals surface area contributed by atoms with E-state index >= 15 is 0 Å². The second-order valence-electron chi connectivity index (χ2n) is 4.76. The molecule has 0 aliphatic carbocycles. The molecule has 20 heavy (non-hydrogen) atoms. The van der Waals surface area contributed by atoms with Crippen molar-refractivity contribution in [3.63, 3.8) is 0 Å². The Morgan fingerprint density at radius 2 is 2.00 bits per heavy atom. The zero-order chi connectivity index (χ0) is 14.5. The van der Waals surface area contributed by atoms with E-state index < -0.39 is 0 Å². The van der Waals surface area contributed by atoms with Crippen molar-refractivity contribution < 1.29 is 0 Å². The molecular weight excluding hydrogens is 270 g/mol. The van der Waals surface area contributed by atoms with Gasteiger partial charge in [0.25, 0.3) is 0 Å². The molecule has 0 atom stereocenters. The first kappa shape index (κ1) is 15.0. The standard InChI is InChI=1S/C14H23N5S/c1-5-19(6-2)14-16-10-13(20-14)9-15-7-12-8-17-18(4)11(12)3/h8,10,15H,5-7,9H2,1-4H3. The van der Waals surface area contributed by atoms with Crippen molar-refractivity contribution in [1.82, 2.24) is 20.1 Å². The second-order valence-corrected chi connectivity index (χ2v) is 5.86. The van der Waals surface area contributed by atoms with Crippen LogP contribution in [0.4, 0.5) is 5.13 Å². The molecule has 2 aromatic rings. The average molecular weight is 293 g/mol. The van der Waals surface area contributed by atoms with Gasteiger partial charge in [0, 0.05) is 55.6 Å². The minimum absolute atomic E-state index is 0.845. The van der Waals surface area contributed by atoms with Crippen LogP contribution in [-0.2, 0) is 20.1 Å². The van der Waals surface area contributed by atoms with Crippen LogP contribution in [0.25, 0.3) is 0 Å². The summed E-state index contributed by atoms with van der Waals surface area (Å²) >= 11 is 1.77. The number of hydrogen-bond acceptors (Lipinski definition) is 5. The highest BCUT2D eigenvalue weighted by atomic mass is 32.1. The summed E-state index contributed by atoms with van der Waals surface area (Å²) in [7, 11) is 1.97. The zero-order valence-corrected chi connectivity index (χ0v) is 13.5. The lowest BCUT2D eigenvalue weighted by atomic mass is 10.2. The summed E-state index contributed by atoms with van der Waals surface area (Å²) < 4.78 is 1.90. The Kier molecular flexibility index (Phi) is 5.14. The Labute approximate surface area is 124 Å². The van der Waals surface area contributed by atoms with E-state index in [4.69, 9.17) is 0 Å². The van der Waals surface area contributed by atoms with Crippen LogP contribution in [0.2, 0.25) is 0 Å². The van der Waals surface area contributed by atoms with Gasteiger partial charge in [-0.05, 0) is 20.8 Å². The van der Waals surface area contributed by atoms with E-state index in [1.807, 2.05) is 24.1 Å². The highest BCUT2D eigenvalue weighted by Crippen LogP contribution is 2.22. The molecule has 6 heteroatoms. The topological polar surface area (TPSA) is 46.0 Å². The van der Waals surface area contributed by atoms with Crippen molar-refractivity contribution in [3.05, 3.63) is 28.5 Å². The van der Waals surface area contributed by atoms with Crippen LogP contribution in [0, 0.1) is 6.92 Å². The largest absolute Gasteiger partial charge is 0.349 e. The molecule has 0 saturated carbocycles. The predicted octanol–water partition coefficient (Wildman–Crippen LogP) is 2.32. The molecule has 0 aromatic carbocycles. The van der Waals surface area contributed by atoms with Gasteiger partial charge in [-0.1, -0.05) is 0 Å². The summed E-state index contributed by atoms with van der Waals surface area (Å²) in [6.07, 6.45) is 3.90. The fraction of sp³-hybridized carbons (Fsp3) is 0.571. The van der Waals surface area contributed by atoms with Crippen molar-refractivity contribution in [2.75, 3.05) is 18.0 Å². The van der Waals surface area contributed by atoms with E-state index in [0.29, 0.717) is 0 Å². The van der Waals surface area contributed by atoms with Gasteiger partial charge in [0.15, 0.2) is 5.13 Å². The van der Waals surface area contributed by atoms with Crippen LogP contribution in [-0.4, -0.2) is 27.9 Å². The number of hydrogen-bond donors (Lipinski definition) is 1. The predicted molar refractivity (Wildman–Crippen MR) is 84.2 cm³/mol. The maximum Gasteiger partial charge on any atom is 0.185 e. The van der Waals surface area contributed by atoms with E-state index in [2.05, 4.69) is 41.1 Å². The van der Waals surface area contributed by atoms with Crippen molar-refractivity contribution in [3.8, 4) is 0 Å². The molecule has 0 bridgehead atoms. The van der Waals surface area contributed by atoms with Gasteiger partial charge in [-0.25, -0.2) is 4.98 Å². The molecule has 2 rings (SSSR count). The molecule has 5 nitrogen and oxygen atoms in total. The van der Waals surface area contributed by atoms with E-state index in [0.717, 1.165) is 31.3 Å². The highest BCUT2D eigenvalue weighted by Gasteiger charge is 2.08. The Bertz CT molecular complexity index is 542. The molecule has 1 N–H and O–H groups in total. The van der Waals surface area contributed by atoms with E-state index in [9.17, 15) is 0 Å². The fourth-order valence-electron chi connectivity index (χ4n) is 2.06. The highest BCUT2D eigenvalue weighted by molar-refractivity contribution is 7.15. The smallest absolute Gasteiger partial charge is 0.185 e. The summed E-state index contributed by atoms with van der Waals surface area (Å²) in [4.78, 5) is 8.04. The molecule has 0 fully saturated rings. The molecule has 0 radical (unpaired) electrons.